The first kappa shape index (κ1) is 24.7. The van der Waals surface area contributed by atoms with Gasteiger partial charge in [-0.3, -0.25) is 0 Å². The molecule has 0 amide bonds. The van der Waals surface area contributed by atoms with Gasteiger partial charge in [-0.15, -0.1) is 0 Å². The Labute approximate surface area is 188 Å². The van der Waals surface area contributed by atoms with E-state index in [0.29, 0.717) is 17.2 Å². The van der Waals surface area contributed by atoms with Crippen LogP contribution in [0.2, 0.25) is 18.1 Å². The van der Waals surface area contributed by atoms with Gasteiger partial charge in [0, 0.05) is 0 Å². The lowest BCUT2D eigenvalue weighted by Crippen LogP contribution is -2.43. The van der Waals surface area contributed by atoms with E-state index in [2.05, 4.69) is 46.9 Å². The van der Waals surface area contributed by atoms with E-state index in [1.165, 1.54) is 0 Å². The Kier molecular flexibility index (Phi) is 7.71. The number of rotatable bonds is 8. The van der Waals surface area contributed by atoms with Gasteiger partial charge in [0.1, 0.15) is 5.75 Å². The minimum absolute atomic E-state index is 0.0932. The summed E-state index contributed by atoms with van der Waals surface area (Å²) in [4.78, 5) is 0. The van der Waals surface area contributed by atoms with Crippen LogP contribution in [0.4, 0.5) is 0 Å². The molecule has 31 heavy (non-hydrogen) atoms. The summed E-state index contributed by atoms with van der Waals surface area (Å²) in [5.41, 5.74) is 3.07. The van der Waals surface area contributed by atoms with Gasteiger partial charge in [-0.05, 0) is 66.0 Å². The van der Waals surface area contributed by atoms with Crippen molar-refractivity contribution in [3.8, 4) is 28.7 Å². The van der Waals surface area contributed by atoms with E-state index in [1.54, 1.807) is 28.4 Å². The molecule has 0 radical (unpaired) electrons. The predicted molar refractivity (Wildman–Crippen MR) is 130 cm³/mol. The van der Waals surface area contributed by atoms with Crippen molar-refractivity contribution in [2.24, 2.45) is 0 Å². The van der Waals surface area contributed by atoms with E-state index in [0.717, 1.165) is 28.2 Å². The molecule has 170 valence electrons. The second-order valence-corrected chi connectivity index (χ2v) is 13.7. The van der Waals surface area contributed by atoms with Crippen LogP contribution in [0.1, 0.15) is 38.8 Å². The third kappa shape index (κ3) is 5.56. The predicted octanol–water partition coefficient (Wildman–Crippen LogP) is 6.67. The molecule has 0 spiro atoms. The van der Waals surface area contributed by atoms with Crippen molar-refractivity contribution in [2.75, 3.05) is 28.4 Å². The molecule has 0 aliphatic rings. The van der Waals surface area contributed by atoms with Crippen molar-refractivity contribution in [3.05, 3.63) is 41.5 Å². The van der Waals surface area contributed by atoms with Crippen LogP contribution in [0, 0.1) is 0 Å². The van der Waals surface area contributed by atoms with Gasteiger partial charge in [0.2, 0.25) is 5.75 Å². The molecule has 0 fully saturated rings. The Morgan fingerprint density at radius 1 is 0.774 bits per heavy atom. The van der Waals surface area contributed by atoms with E-state index < -0.39 is 8.32 Å². The average Bonchev–Trinajstić information content (AvgIpc) is 2.71. The van der Waals surface area contributed by atoms with E-state index in [9.17, 15) is 0 Å². The molecule has 0 heterocycles. The highest BCUT2D eigenvalue weighted by molar-refractivity contribution is 6.74. The largest absolute Gasteiger partial charge is 0.541 e. The highest BCUT2D eigenvalue weighted by Crippen LogP contribution is 2.42. The van der Waals surface area contributed by atoms with E-state index in [4.69, 9.17) is 23.4 Å². The van der Waals surface area contributed by atoms with Crippen LogP contribution in [0.15, 0.2) is 30.3 Å². The van der Waals surface area contributed by atoms with Crippen molar-refractivity contribution >= 4 is 20.0 Å². The molecule has 2 aromatic rings. The van der Waals surface area contributed by atoms with Crippen LogP contribution in [0.3, 0.4) is 0 Å². The van der Waals surface area contributed by atoms with Crippen LogP contribution in [-0.2, 0) is 0 Å². The van der Waals surface area contributed by atoms with Crippen molar-refractivity contribution in [2.45, 2.75) is 45.8 Å². The first-order valence-corrected chi connectivity index (χ1v) is 13.2. The third-order valence-electron chi connectivity index (χ3n) is 5.86. The van der Waals surface area contributed by atoms with Crippen LogP contribution >= 0.6 is 0 Å². The summed E-state index contributed by atoms with van der Waals surface area (Å²) in [6, 6.07) is 9.92. The summed E-state index contributed by atoms with van der Waals surface area (Å²) >= 11 is 0. The lowest BCUT2D eigenvalue weighted by molar-refractivity contribution is 0.324. The van der Waals surface area contributed by atoms with Crippen LogP contribution in [-0.4, -0.2) is 36.8 Å². The molecule has 0 saturated carbocycles. The SMILES string of the molecule is COc1ccc(/C=C(\C)c2cc(OC)c(OC)c(OC)c2)cc1O[Si](C)(C)C(C)(C)C. The minimum atomic E-state index is -2.00. The number of ether oxygens (including phenoxy) is 4. The second kappa shape index (κ2) is 9.69. The number of hydrogen-bond acceptors (Lipinski definition) is 5. The monoisotopic (exact) mass is 444 g/mol. The number of methoxy groups -OCH3 is 4. The smallest absolute Gasteiger partial charge is 0.250 e. The molecular formula is C25H36O5Si. The average molecular weight is 445 g/mol. The lowest BCUT2D eigenvalue weighted by atomic mass is 10.0. The maximum absolute atomic E-state index is 6.55. The molecular weight excluding hydrogens is 408 g/mol. The summed E-state index contributed by atoms with van der Waals surface area (Å²) in [5.74, 6) is 3.35. The molecule has 0 N–H and O–H groups in total. The first-order chi connectivity index (χ1) is 14.5. The van der Waals surface area contributed by atoms with E-state index >= 15 is 0 Å². The Hall–Kier alpha value is -2.60. The van der Waals surface area contributed by atoms with Gasteiger partial charge in [-0.1, -0.05) is 32.9 Å². The molecule has 2 aromatic carbocycles. The minimum Gasteiger partial charge on any atom is -0.541 e. The van der Waals surface area contributed by atoms with Gasteiger partial charge in [0.05, 0.1) is 28.4 Å². The number of benzene rings is 2. The Balaban J connectivity index is 2.48. The van der Waals surface area contributed by atoms with Gasteiger partial charge >= 0.3 is 0 Å². The maximum atomic E-state index is 6.55. The fourth-order valence-electron chi connectivity index (χ4n) is 2.93. The topological polar surface area (TPSA) is 46.2 Å². The number of allylic oxidation sites excluding steroid dienone is 1. The molecule has 0 aliphatic carbocycles. The van der Waals surface area contributed by atoms with Gasteiger partial charge in [0.15, 0.2) is 17.2 Å². The molecule has 0 bridgehead atoms. The Morgan fingerprint density at radius 2 is 1.32 bits per heavy atom. The maximum Gasteiger partial charge on any atom is 0.250 e. The zero-order valence-electron chi connectivity index (χ0n) is 20.5. The molecule has 2 rings (SSSR count). The fourth-order valence-corrected chi connectivity index (χ4v) is 3.95. The summed E-state index contributed by atoms with van der Waals surface area (Å²) in [5, 5.41) is 0.0932. The lowest BCUT2D eigenvalue weighted by Gasteiger charge is -2.36. The van der Waals surface area contributed by atoms with Crippen LogP contribution in [0.25, 0.3) is 11.6 Å². The molecule has 0 unspecified atom stereocenters. The summed E-state index contributed by atoms with van der Waals surface area (Å²) in [6.07, 6.45) is 2.11. The fraction of sp³-hybridized carbons (Fsp3) is 0.440. The highest BCUT2D eigenvalue weighted by atomic mass is 28.4. The van der Waals surface area contributed by atoms with E-state index in [-0.39, 0.29) is 5.04 Å². The summed E-state index contributed by atoms with van der Waals surface area (Å²) in [7, 11) is 4.51. The molecule has 6 heteroatoms. The summed E-state index contributed by atoms with van der Waals surface area (Å²) < 4.78 is 28.5. The van der Waals surface area contributed by atoms with Crippen molar-refractivity contribution in [1.29, 1.82) is 0 Å². The third-order valence-corrected chi connectivity index (χ3v) is 10.2. The van der Waals surface area contributed by atoms with Crippen LogP contribution in [0.5, 0.6) is 28.7 Å². The zero-order chi connectivity index (χ0) is 23.4. The Morgan fingerprint density at radius 3 is 1.77 bits per heavy atom. The quantitative estimate of drug-likeness (QED) is 0.336. The van der Waals surface area contributed by atoms with Crippen LogP contribution < -0.4 is 23.4 Å². The normalized spacial score (nSPS) is 12.4. The van der Waals surface area contributed by atoms with E-state index in [1.807, 2.05) is 30.3 Å². The van der Waals surface area contributed by atoms with Crippen molar-refractivity contribution in [1.82, 2.24) is 0 Å². The van der Waals surface area contributed by atoms with Gasteiger partial charge in [0.25, 0.3) is 8.32 Å². The highest BCUT2D eigenvalue weighted by Gasteiger charge is 2.39. The molecule has 0 atom stereocenters. The molecule has 5 nitrogen and oxygen atoms in total. The van der Waals surface area contributed by atoms with Gasteiger partial charge < -0.3 is 23.4 Å². The second-order valence-electron chi connectivity index (χ2n) is 9.01. The first-order valence-electron chi connectivity index (χ1n) is 10.3. The molecule has 0 aromatic heterocycles. The summed E-state index contributed by atoms with van der Waals surface area (Å²) in [6.45, 7) is 13.2. The molecule has 0 saturated heterocycles. The van der Waals surface area contributed by atoms with Crippen molar-refractivity contribution in [3.63, 3.8) is 0 Å². The zero-order valence-corrected chi connectivity index (χ0v) is 21.5. The number of hydrogen-bond donors (Lipinski definition) is 0. The molecule has 0 aliphatic heterocycles. The Bertz CT molecular complexity index is 916. The standard InChI is InChI=1S/C25H36O5Si/c1-17(19-15-22(27-6)24(29-8)23(16-19)28-7)13-18-11-12-20(26-5)21(14-18)30-31(9,10)25(2,3)4/h11-16H,1-10H3/b17-13+. The van der Waals surface area contributed by atoms with Crippen molar-refractivity contribution < 1.29 is 23.4 Å². The van der Waals surface area contributed by atoms with Gasteiger partial charge in [-0.2, -0.15) is 0 Å². The van der Waals surface area contributed by atoms with Gasteiger partial charge in [-0.25, -0.2) is 0 Å².